The summed E-state index contributed by atoms with van der Waals surface area (Å²) >= 11 is 0. The van der Waals surface area contributed by atoms with Crippen molar-refractivity contribution >= 4 is 27.6 Å². The van der Waals surface area contributed by atoms with Gasteiger partial charge in [-0.1, -0.05) is 54.6 Å². The number of unbranched alkanes of at least 4 members (excludes halogenated alkanes) is 1. The lowest BCUT2D eigenvalue weighted by atomic mass is 9.97. The number of rotatable bonds is 9. The Bertz CT molecular complexity index is 1750. The highest BCUT2D eigenvalue weighted by molar-refractivity contribution is 6.04. The van der Waals surface area contributed by atoms with Gasteiger partial charge in [0.05, 0.1) is 36.7 Å². The van der Waals surface area contributed by atoms with Gasteiger partial charge in [0.15, 0.2) is 0 Å². The number of fused-ring (bicyclic) bond motifs is 3. The summed E-state index contributed by atoms with van der Waals surface area (Å²) in [5.41, 5.74) is 5.98. The molecule has 0 radical (unpaired) electrons. The Morgan fingerprint density at radius 3 is 2.67 bits per heavy atom. The van der Waals surface area contributed by atoms with Gasteiger partial charge in [0.25, 0.3) is 0 Å². The Morgan fingerprint density at radius 2 is 1.81 bits per heavy atom. The normalized spacial score (nSPS) is 13.9. The summed E-state index contributed by atoms with van der Waals surface area (Å²) in [5, 5.41) is 18.6. The number of carboxylic acids is 1. The predicted octanol–water partition coefficient (Wildman–Crippen LogP) is 7.14. The summed E-state index contributed by atoms with van der Waals surface area (Å²) in [6, 6.07) is 20.5. The number of methoxy groups -OCH3 is 1. The molecule has 224 valence electrons. The highest BCUT2D eigenvalue weighted by Crippen LogP contribution is 2.39. The van der Waals surface area contributed by atoms with E-state index < -0.39 is 5.97 Å². The molecular weight excluding hydrogens is 542 g/mol. The Kier molecular flexibility index (Phi) is 8.77. The smallest absolute Gasteiger partial charge is 0.352 e. The van der Waals surface area contributed by atoms with Gasteiger partial charge in [-0.3, -0.25) is 4.68 Å². The molecule has 3 heterocycles. The van der Waals surface area contributed by atoms with Crippen LogP contribution in [0.15, 0.2) is 60.7 Å². The van der Waals surface area contributed by atoms with E-state index in [0.717, 1.165) is 87.6 Å². The van der Waals surface area contributed by atoms with E-state index in [9.17, 15) is 9.90 Å². The number of hydrogen-bond donors (Lipinski definition) is 1. The average molecular weight is 582 g/mol. The summed E-state index contributed by atoms with van der Waals surface area (Å²) < 4.78 is 21.7. The zero-order chi connectivity index (χ0) is 29.8. The van der Waals surface area contributed by atoms with Crippen molar-refractivity contribution in [2.45, 2.75) is 58.3 Å². The molecular formula is C35H39N3O5. The van der Waals surface area contributed by atoms with Gasteiger partial charge in [-0.05, 0) is 55.5 Å². The number of hydrogen-bond acceptors (Lipinski definition) is 5. The van der Waals surface area contributed by atoms with Gasteiger partial charge in [0.1, 0.15) is 11.4 Å². The first-order chi connectivity index (χ1) is 21.1. The largest absolute Gasteiger partial charge is 0.493 e. The molecule has 0 fully saturated rings. The zero-order valence-corrected chi connectivity index (χ0v) is 25.0. The molecule has 0 amide bonds. The molecule has 0 bridgehead atoms. The third-order valence-corrected chi connectivity index (χ3v) is 8.42. The standard InChI is InChI=1S/C35H39N3O5/c1-37-30-23-42-20-8-3-7-19-38-33-26(16-11-17-28(33)32(30)29(36-37)22-41-2)27(34(38)35(39)40)15-6-9-21-43-31-18-10-13-24-12-4-5-14-25(24)31/h4-5,10-14,16-18H,3,6-9,15,19-23H2,1-2H3,(H,39,40). The van der Waals surface area contributed by atoms with Crippen molar-refractivity contribution in [3.63, 3.8) is 0 Å². The van der Waals surface area contributed by atoms with E-state index in [1.54, 1.807) is 7.11 Å². The van der Waals surface area contributed by atoms with Crippen LogP contribution in [0.25, 0.3) is 32.8 Å². The van der Waals surface area contributed by atoms with Crippen LogP contribution in [0.2, 0.25) is 0 Å². The van der Waals surface area contributed by atoms with Crippen molar-refractivity contribution in [1.82, 2.24) is 14.3 Å². The maximum atomic E-state index is 12.9. The van der Waals surface area contributed by atoms with Gasteiger partial charge in [0, 0.05) is 49.2 Å². The second-order valence-corrected chi connectivity index (χ2v) is 11.2. The molecule has 43 heavy (non-hydrogen) atoms. The molecule has 0 saturated carbocycles. The molecule has 1 aliphatic rings. The fourth-order valence-corrected chi connectivity index (χ4v) is 6.46. The first kappa shape index (κ1) is 29.0. The quantitative estimate of drug-likeness (QED) is 0.186. The molecule has 8 heteroatoms. The van der Waals surface area contributed by atoms with Crippen molar-refractivity contribution in [1.29, 1.82) is 0 Å². The Morgan fingerprint density at radius 1 is 1.00 bits per heavy atom. The van der Waals surface area contributed by atoms with Gasteiger partial charge in [0.2, 0.25) is 0 Å². The van der Waals surface area contributed by atoms with Crippen molar-refractivity contribution in [3.05, 3.63) is 83.3 Å². The second-order valence-electron chi connectivity index (χ2n) is 11.2. The zero-order valence-electron chi connectivity index (χ0n) is 25.0. The first-order valence-electron chi connectivity index (χ1n) is 15.2. The molecule has 2 aromatic heterocycles. The number of aromatic nitrogens is 3. The van der Waals surface area contributed by atoms with Crippen molar-refractivity contribution < 1.29 is 24.1 Å². The van der Waals surface area contributed by atoms with E-state index in [1.165, 1.54) is 0 Å². The molecule has 0 saturated heterocycles. The van der Waals surface area contributed by atoms with Crippen molar-refractivity contribution in [2.24, 2.45) is 7.05 Å². The lowest BCUT2D eigenvalue weighted by molar-refractivity contribution is 0.0683. The van der Waals surface area contributed by atoms with Crippen LogP contribution in [0, 0.1) is 0 Å². The van der Waals surface area contributed by atoms with E-state index in [4.69, 9.17) is 19.3 Å². The van der Waals surface area contributed by atoms with E-state index in [2.05, 4.69) is 30.3 Å². The van der Waals surface area contributed by atoms with Crippen LogP contribution in [-0.4, -0.2) is 45.7 Å². The number of benzene rings is 3. The monoisotopic (exact) mass is 581 g/mol. The number of carbonyl (C=O) groups is 1. The van der Waals surface area contributed by atoms with Gasteiger partial charge >= 0.3 is 5.97 Å². The third kappa shape index (κ3) is 5.77. The number of aryl methyl sites for hydroxylation is 3. The van der Waals surface area contributed by atoms with Gasteiger partial charge < -0.3 is 23.9 Å². The van der Waals surface area contributed by atoms with Crippen LogP contribution >= 0.6 is 0 Å². The van der Waals surface area contributed by atoms with Crippen LogP contribution in [0.1, 0.15) is 59.5 Å². The fourth-order valence-electron chi connectivity index (χ4n) is 6.46. The number of ether oxygens (including phenoxy) is 3. The number of nitrogens with zero attached hydrogens (tertiary/aromatic N) is 3. The highest BCUT2D eigenvalue weighted by atomic mass is 16.5. The maximum absolute atomic E-state index is 12.9. The minimum atomic E-state index is -0.886. The summed E-state index contributed by atoms with van der Waals surface area (Å²) in [7, 11) is 3.60. The number of carboxylic acid groups (broad SMARTS) is 1. The van der Waals surface area contributed by atoms with E-state index in [-0.39, 0.29) is 0 Å². The lowest BCUT2D eigenvalue weighted by Gasteiger charge is -2.15. The lowest BCUT2D eigenvalue weighted by Crippen LogP contribution is -2.12. The van der Waals surface area contributed by atoms with E-state index in [1.807, 2.05) is 46.6 Å². The SMILES string of the molecule is COCc1nn(C)c2c1-c1cccc3c(CCCCOc4cccc5ccccc45)c(C(=O)O)n(c13)CCCCCOC2. The second kappa shape index (κ2) is 13.0. The van der Waals surface area contributed by atoms with Crippen LogP contribution < -0.4 is 4.74 Å². The van der Waals surface area contributed by atoms with E-state index in [0.29, 0.717) is 45.1 Å². The Balaban J connectivity index is 1.35. The topological polar surface area (TPSA) is 87.7 Å². The van der Waals surface area contributed by atoms with Gasteiger partial charge in [-0.2, -0.15) is 5.10 Å². The summed E-state index contributed by atoms with van der Waals surface area (Å²) in [5.74, 6) is -0.00541. The minimum Gasteiger partial charge on any atom is -0.493 e. The van der Waals surface area contributed by atoms with Crippen LogP contribution in [0.5, 0.6) is 5.75 Å². The summed E-state index contributed by atoms with van der Waals surface area (Å²) in [6.45, 7) is 2.66. The van der Waals surface area contributed by atoms with Crippen molar-refractivity contribution in [3.8, 4) is 16.9 Å². The third-order valence-electron chi connectivity index (χ3n) is 8.42. The molecule has 5 aromatic rings. The van der Waals surface area contributed by atoms with Crippen LogP contribution in [0.4, 0.5) is 0 Å². The molecule has 3 aromatic carbocycles. The number of aromatic carboxylic acids is 1. The molecule has 0 spiro atoms. The Hall–Kier alpha value is -4.14. The minimum absolute atomic E-state index is 0.357. The summed E-state index contributed by atoms with van der Waals surface area (Å²) in [4.78, 5) is 12.9. The first-order valence-corrected chi connectivity index (χ1v) is 15.2. The van der Waals surface area contributed by atoms with E-state index >= 15 is 0 Å². The molecule has 1 aliphatic heterocycles. The summed E-state index contributed by atoms with van der Waals surface area (Å²) in [6.07, 6.45) is 5.06. The van der Waals surface area contributed by atoms with Gasteiger partial charge in [-0.25, -0.2) is 4.79 Å². The highest BCUT2D eigenvalue weighted by Gasteiger charge is 2.27. The molecule has 6 rings (SSSR count). The molecule has 8 nitrogen and oxygen atoms in total. The van der Waals surface area contributed by atoms with Crippen LogP contribution in [-0.2, 0) is 42.7 Å². The van der Waals surface area contributed by atoms with Gasteiger partial charge in [-0.15, -0.1) is 0 Å². The number of para-hydroxylation sites is 1. The molecule has 0 atom stereocenters. The Labute approximate surface area is 251 Å². The fraction of sp³-hybridized carbons (Fsp3) is 0.371. The van der Waals surface area contributed by atoms with Crippen LogP contribution in [0.3, 0.4) is 0 Å². The molecule has 0 unspecified atom stereocenters. The maximum Gasteiger partial charge on any atom is 0.352 e. The van der Waals surface area contributed by atoms with Crippen molar-refractivity contribution in [2.75, 3.05) is 20.3 Å². The molecule has 0 aliphatic carbocycles. The molecule has 1 N–H and O–H groups in total. The average Bonchev–Trinajstić information content (AvgIpc) is 3.49. The predicted molar refractivity (Wildman–Crippen MR) is 168 cm³/mol.